The van der Waals surface area contributed by atoms with Gasteiger partial charge in [-0.1, -0.05) is 15.9 Å². The Morgan fingerprint density at radius 2 is 1.24 bits per heavy atom. The molecule has 0 bridgehead atoms. The lowest BCUT2D eigenvalue weighted by Crippen LogP contribution is -2.06. The van der Waals surface area contributed by atoms with Crippen LogP contribution in [-0.4, -0.2) is 50.2 Å². The highest BCUT2D eigenvalue weighted by molar-refractivity contribution is 9.08. The zero-order chi connectivity index (χ0) is 25.3. The van der Waals surface area contributed by atoms with Gasteiger partial charge in [0.15, 0.2) is 0 Å². The quantitative estimate of drug-likeness (QED) is 0.222. The highest BCUT2D eigenvalue weighted by Gasteiger charge is 2.22. The summed E-state index contributed by atoms with van der Waals surface area (Å²) >= 11 is 3.14. The fraction of sp³-hybridized carbons (Fsp3) is 0.300. The molecule has 0 aliphatic heterocycles. The van der Waals surface area contributed by atoms with Crippen molar-refractivity contribution in [2.75, 3.05) is 28.4 Å². The number of methoxy groups -OCH3 is 4. The van der Waals surface area contributed by atoms with Crippen molar-refractivity contribution in [1.82, 2.24) is 0 Å². The number of rotatable bonds is 7. The maximum Gasteiger partial charge on any atom is 0.341 e. The predicted octanol–water partition coefficient (Wildman–Crippen LogP) is 3.98. The smallest absolute Gasteiger partial charge is 0.341 e. The molecule has 0 spiro atoms. The monoisotopic (exact) mass is 528 g/mol. The first-order valence-corrected chi connectivity index (χ1v) is 10.1. The highest BCUT2D eigenvalue weighted by Crippen LogP contribution is 2.31. The molecule has 2 rings (SSSR count). The molecule has 2 aromatic rings. The van der Waals surface area contributed by atoms with Gasteiger partial charge in [0.2, 0.25) is 0 Å². The van der Waals surface area contributed by atoms with Gasteiger partial charge in [-0.2, -0.15) is 0 Å². The van der Waals surface area contributed by atoms with E-state index in [1.54, 1.807) is 6.92 Å². The van der Waals surface area contributed by atoms with E-state index in [9.17, 15) is 29.8 Å². The number of esters is 2. The van der Waals surface area contributed by atoms with Crippen LogP contribution in [0.25, 0.3) is 0 Å². The van der Waals surface area contributed by atoms with Crippen molar-refractivity contribution in [2.45, 2.75) is 12.3 Å². The Balaban J connectivity index is 0.000000331. The number of benzene rings is 2. The Labute approximate surface area is 196 Å². The van der Waals surface area contributed by atoms with Crippen LogP contribution in [0.4, 0.5) is 11.4 Å². The van der Waals surface area contributed by atoms with Crippen LogP contribution in [0, 0.1) is 27.2 Å². The van der Waals surface area contributed by atoms with Gasteiger partial charge in [0.05, 0.1) is 38.3 Å². The van der Waals surface area contributed by atoms with Gasteiger partial charge in [0, 0.05) is 28.6 Å². The Morgan fingerprint density at radius 3 is 1.61 bits per heavy atom. The summed E-state index contributed by atoms with van der Waals surface area (Å²) in [6.45, 7) is 1.57. The summed E-state index contributed by atoms with van der Waals surface area (Å²) in [7, 11) is 5.16. The number of halogens is 1. The summed E-state index contributed by atoms with van der Waals surface area (Å²) in [5.41, 5.74) is 0.645. The second-order valence-corrected chi connectivity index (χ2v) is 6.71. The summed E-state index contributed by atoms with van der Waals surface area (Å²) in [6.07, 6.45) is 0. The van der Waals surface area contributed by atoms with Gasteiger partial charge in [-0.05, 0) is 19.1 Å². The topological polar surface area (TPSA) is 157 Å². The number of ether oxygens (including phenoxy) is 4. The number of nitro groups is 2. The lowest BCUT2D eigenvalue weighted by molar-refractivity contribution is -0.385. The van der Waals surface area contributed by atoms with Crippen LogP contribution < -0.4 is 9.47 Å². The number of hydrogen-bond acceptors (Lipinski definition) is 10. The molecule has 0 saturated carbocycles. The van der Waals surface area contributed by atoms with Crippen molar-refractivity contribution in [3.63, 3.8) is 0 Å². The molecule has 2 aromatic carbocycles. The summed E-state index contributed by atoms with van der Waals surface area (Å²) in [5.74, 6) is -0.835. The van der Waals surface area contributed by atoms with E-state index < -0.39 is 21.8 Å². The molecule has 12 nitrogen and oxygen atoms in total. The molecule has 0 amide bonds. The Morgan fingerprint density at radius 1 is 0.818 bits per heavy atom. The van der Waals surface area contributed by atoms with Crippen molar-refractivity contribution in [3.8, 4) is 11.5 Å². The summed E-state index contributed by atoms with van der Waals surface area (Å²) in [4.78, 5) is 43.2. The number of aryl methyl sites for hydroxylation is 1. The average molecular weight is 529 g/mol. The summed E-state index contributed by atoms with van der Waals surface area (Å²) < 4.78 is 19.0. The number of nitrogens with zero attached hydrogens (tertiary/aromatic N) is 2. The van der Waals surface area contributed by atoms with Crippen molar-refractivity contribution < 1.29 is 38.4 Å². The molecule has 13 heteroatoms. The van der Waals surface area contributed by atoms with Crippen molar-refractivity contribution in [3.05, 3.63) is 66.7 Å². The molecule has 0 atom stereocenters. The fourth-order valence-electron chi connectivity index (χ4n) is 2.63. The molecule has 0 aromatic heterocycles. The number of carbonyl (C=O) groups is 2. The van der Waals surface area contributed by atoms with Gasteiger partial charge in [-0.25, -0.2) is 9.59 Å². The first kappa shape index (κ1) is 27.3. The van der Waals surface area contributed by atoms with Crippen molar-refractivity contribution >= 4 is 39.2 Å². The zero-order valence-corrected chi connectivity index (χ0v) is 20.0. The highest BCUT2D eigenvalue weighted by atomic mass is 79.9. The van der Waals surface area contributed by atoms with Gasteiger partial charge in [-0.15, -0.1) is 0 Å². The third-order valence-corrected chi connectivity index (χ3v) is 4.87. The third kappa shape index (κ3) is 6.62. The third-order valence-electron chi connectivity index (χ3n) is 4.27. The van der Waals surface area contributed by atoms with Gasteiger partial charge < -0.3 is 18.9 Å². The van der Waals surface area contributed by atoms with Crippen LogP contribution in [-0.2, 0) is 14.8 Å². The van der Waals surface area contributed by atoms with Gasteiger partial charge >= 0.3 is 11.9 Å². The van der Waals surface area contributed by atoms with Crippen LogP contribution in [0.15, 0.2) is 24.3 Å². The van der Waals surface area contributed by atoms with Crippen LogP contribution in [0.1, 0.15) is 31.8 Å². The number of carbonyl (C=O) groups excluding carboxylic acids is 2. The van der Waals surface area contributed by atoms with Gasteiger partial charge in [0.1, 0.15) is 22.6 Å². The molecule has 0 aliphatic rings. The van der Waals surface area contributed by atoms with Crippen molar-refractivity contribution in [1.29, 1.82) is 0 Å². The second-order valence-electron chi connectivity index (χ2n) is 6.15. The van der Waals surface area contributed by atoms with Crippen LogP contribution >= 0.6 is 15.9 Å². The first-order valence-electron chi connectivity index (χ1n) is 8.97. The molecule has 0 unspecified atom stereocenters. The minimum absolute atomic E-state index is 0.0337. The molecule has 0 saturated heterocycles. The average Bonchev–Trinajstić information content (AvgIpc) is 2.81. The summed E-state index contributed by atoms with van der Waals surface area (Å²) in [6, 6.07) is 5.19. The van der Waals surface area contributed by atoms with E-state index in [1.165, 1.54) is 40.6 Å². The van der Waals surface area contributed by atoms with Crippen LogP contribution in [0.5, 0.6) is 11.5 Å². The SMILES string of the molecule is COC(=O)c1cc([N+](=O)[O-])c(C)cc1OC.COC(=O)c1cc([N+](=O)[O-])c(CBr)cc1OC. The molecular formula is C20H21BrN2O10. The largest absolute Gasteiger partial charge is 0.496 e. The van der Waals surface area contributed by atoms with E-state index >= 15 is 0 Å². The van der Waals surface area contributed by atoms with Crippen LogP contribution in [0.3, 0.4) is 0 Å². The fourth-order valence-corrected chi connectivity index (χ4v) is 3.08. The first-order chi connectivity index (χ1) is 15.6. The normalized spacial score (nSPS) is 9.76. The van der Waals surface area contributed by atoms with E-state index in [0.717, 1.165) is 12.1 Å². The number of nitro benzene ring substituents is 2. The zero-order valence-electron chi connectivity index (χ0n) is 18.4. The molecule has 0 N–H and O–H groups in total. The Hall–Kier alpha value is -3.74. The van der Waals surface area contributed by atoms with E-state index in [0.29, 0.717) is 16.5 Å². The molecule has 0 radical (unpaired) electrons. The van der Waals surface area contributed by atoms with E-state index in [4.69, 9.17) is 9.47 Å². The Kier molecular flexibility index (Phi) is 10.2. The van der Waals surface area contributed by atoms with E-state index in [-0.39, 0.29) is 34.0 Å². The molecule has 33 heavy (non-hydrogen) atoms. The van der Waals surface area contributed by atoms with Gasteiger partial charge in [-0.3, -0.25) is 20.2 Å². The predicted molar refractivity (Wildman–Crippen MR) is 119 cm³/mol. The minimum atomic E-state index is -0.675. The molecule has 0 fully saturated rings. The Bertz CT molecular complexity index is 1070. The lowest BCUT2D eigenvalue weighted by Gasteiger charge is -2.08. The number of hydrogen-bond donors (Lipinski definition) is 0. The lowest BCUT2D eigenvalue weighted by atomic mass is 10.1. The molecule has 178 valence electrons. The van der Waals surface area contributed by atoms with Gasteiger partial charge in [0.25, 0.3) is 11.4 Å². The molecule has 0 heterocycles. The van der Waals surface area contributed by atoms with E-state index in [2.05, 4.69) is 25.4 Å². The van der Waals surface area contributed by atoms with Crippen molar-refractivity contribution in [2.24, 2.45) is 0 Å². The number of alkyl halides is 1. The maximum absolute atomic E-state index is 11.4. The minimum Gasteiger partial charge on any atom is -0.496 e. The van der Waals surface area contributed by atoms with E-state index in [1.807, 2.05) is 0 Å². The second kappa shape index (κ2) is 12.3. The standard InChI is InChI=1S/C10H10BrNO5.C10H11NO5/c1-16-9-3-6(5-11)8(12(14)15)4-7(9)10(13)17-2;1-6-4-9(15-2)7(10(12)16-3)5-8(6)11(13)14/h3-4H,5H2,1-2H3;4-5H,1-3H3. The van der Waals surface area contributed by atoms with Crippen LogP contribution in [0.2, 0.25) is 0 Å². The molecule has 0 aliphatic carbocycles. The summed E-state index contributed by atoms with van der Waals surface area (Å²) in [5, 5.41) is 21.8. The maximum atomic E-state index is 11.4. The molecular weight excluding hydrogens is 508 g/mol.